The van der Waals surface area contributed by atoms with Crippen molar-refractivity contribution in [2.24, 2.45) is 5.92 Å². The molecular formula is C14H24N2O3S2. The quantitative estimate of drug-likeness (QED) is 0.795. The first kappa shape index (κ1) is 18.1. The zero-order chi connectivity index (χ0) is 16.0. The van der Waals surface area contributed by atoms with Crippen LogP contribution in [0, 0.1) is 5.92 Å². The van der Waals surface area contributed by atoms with E-state index in [1.807, 2.05) is 27.7 Å². The second-order valence-corrected chi connectivity index (χ2v) is 8.17. The van der Waals surface area contributed by atoms with Crippen LogP contribution in [0.3, 0.4) is 0 Å². The fraction of sp³-hybridized carbons (Fsp3) is 0.643. The van der Waals surface area contributed by atoms with Crippen LogP contribution in [0.2, 0.25) is 0 Å². The molecule has 21 heavy (non-hydrogen) atoms. The molecule has 1 heterocycles. The molecule has 0 saturated heterocycles. The fourth-order valence-electron chi connectivity index (χ4n) is 1.82. The first-order valence-corrected chi connectivity index (χ1v) is 9.48. The van der Waals surface area contributed by atoms with Gasteiger partial charge in [-0.3, -0.25) is 4.79 Å². The Morgan fingerprint density at radius 1 is 1.29 bits per heavy atom. The van der Waals surface area contributed by atoms with E-state index in [1.54, 1.807) is 12.1 Å². The molecule has 0 spiro atoms. The molecule has 0 bridgehead atoms. The number of hydrogen-bond donors (Lipinski definition) is 1. The Morgan fingerprint density at radius 2 is 1.90 bits per heavy atom. The monoisotopic (exact) mass is 332 g/mol. The van der Waals surface area contributed by atoms with Crippen LogP contribution in [0.4, 0.5) is 0 Å². The Balaban J connectivity index is 2.76. The van der Waals surface area contributed by atoms with Gasteiger partial charge in [0, 0.05) is 23.9 Å². The third-order valence-corrected chi connectivity index (χ3v) is 7.04. The van der Waals surface area contributed by atoms with Gasteiger partial charge in [-0.25, -0.2) is 8.42 Å². The summed E-state index contributed by atoms with van der Waals surface area (Å²) in [5.74, 6) is -0.0251. The van der Waals surface area contributed by atoms with Gasteiger partial charge < -0.3 is 5.32 Å². The summed E-state index contributed by atoms with van der Waals surface area (Å²) in [5.41, 5.74) is 0. The summed E-state index contributed by atoms with van der Waals surface area (Å²) in [7, 11) is -3.40. The predicted molar refractivity (Wildman–Crippen MR) is 85.7 cm³/mol. The summed E-state index contributed by atoms with van der Waals surface area (Å²) in [6, 6.07) is 3.38. The van der Waals surface area contributed by atoms with E-state index in [-0.39, 0.29) is 11.8 Å². The maximum atomic E-state index is 12.3. The van der Waals surface area contributed by atoms with Crippen LogP contribution < -0.4 is 5.32 Å². The molecule has 1 aromatic rings. The number of nitrogens with one attached hydrogen (secondary N) is 1. The molecule has 0 aliphatic carbocycles. The van der Waals surface area contributed by atoms with E-state index in [0.29, 0.717) is 23.8 Å². The summed E-state index contributed by atoms with van der Waals surface area (Å²) < 4.78 is 26.5. The van der Waals surface area contributed by atoms with Crippen molar-refractivity contribution in [2.45, 2.75) is 44.9 Å². The Bertz CT molecular complexity index is 563. The number of thiophene rings is 1. The topological polar surface area (TPSA) is 66.5 Å². The smallest absolute Gasteiger partial charge is 0.252 e. The van der Waals surface area contributed by atoms with Crippen molar-refractivity contribution >= 4 is 27.3 Å². The zero-order valence-electron chi connectivity index (χ0n) is 13.0. The van der Waals surface area contributed by atoms with Crippen molar-refractivity contribution in [2.75, 3.05) is 13.1 Å². The van der Waals surface area contributed by atoms with Gasteiger partial charge in [0.05, 0.1) is 6.54 Å². The molecule has 1 aromatic heterocycles. The minimum Gasteiger partial charge on any atom is -0.351 e. The minimum absolute atomic E-state index is 0.000880. The van der Waals surface area contributed by atoms with Crippen molar-refractivity contribution in [1.29, 1.82) is 0 Å². The van der Waals surface area contributed by atoms with E-state index in [0.717, 1.165) is 11.3 Å². The molecule has 5 nitrogen and oxygen atoms in total. The molecule has 0 saturated carbocycles. The van der Waals surface area contributed by atoms with E-state index in [2.05, 4.69) is 5.32 Å². The van der Waals surface area contributed by atoms with Crippen LogP contribution in [0.1, 0.15) is 39.0 Å². The van der Waals surface area contributed by atoms with Crippen molar-refractivity contribution in [3.8, 4) is 0 Å². The first-order valence-electron chi connectivity index (χ1n) is 7.23. The molecule has 1 unspecified atom stereocenters. The van der Waals surface area contributed by atoms with E-state index in [9.17, 15) is 13.2 Å². The number of hydrogen-bond acceptors (Lipinski definition) is 4. The molecule has 120 valence electrons. The van der Waals surface area contributed by atoms with E-state index in [4.69, 9.17) is 0 Å². The van der Waals surface area contributed by atoms with Gasteiger partial charge in [0.25, 0.3) is 10.0 Å². The van der Waals surface area contributed by atoms with Crippen LogP contribution in [-0.2, 0) is 21.4 Å². The van der Waals surface area contributed by atoms with Gasteiger partial charge in [0.2, 0.25) is 5.91 Å². The number of amides is 1. The molecule has 1 rings (SSSR count). The van der Waals surface area contributed by atoms with Gasteiger partial charge in [0.15, 0.2) is 0 Å². The Labute approximate surface area is 131 Å². The summed E-state index contributed by atoms with van der Waals surface area (Å²) in [6.45, 7) is 8.77. The highest BCUT2D eigenvalue weighted by Gasteiger charge is 2.23. The van der Waals surface area contributed by atoms with Crippen LogP contribution in [0.25, 0.3) is 0 Å². The van der Waals surface area contributed by atoms with Gasteiger partial charge in [-0.15, -0.1) is 11.3 Å². The predicted octanol–water partition coefficient (Wildman–Crippen LogP) is 2.44. The third kappa shape index (κ3) is 4.52. The zero-order valence-corrected chi connectivity index (χ0v) is 14.7. The maximum Gasteiger partial charge on any atom is 0.252 e. The van der Waals surface area contributed by atoms with E-state index >= 15 is 0 Å². The number of sulfonamides is 1. The lowest BCUT2D eigenvalue weighted by Crippen LogP contribution is -2.30. The number of rotatable bonds is 8. The lowest BCUT2D eigenvalue weighted by Gasteiger charge is -2.16. The second kappa shape index (κ2) is 7.91. The van der Waals surface area contributed by atoms with Gasteiger partial charge in [-0.2, -0.15) is 4.31 Å². The fourth-order valence-corrected chi connectivity index (χ4v) is 4.72. The summed E-state index contributed by atoms with van der Waals surface area (Å²) in [4.78, 5) is 12.6. The summed E-state index contributed by atoms with van der Waals surface area (Å²) in [6.07, 6.45) is 0.790. The lowest BCUT2D eigenvalue weighted by atomic mass is 10.1. The van der Waals surface area contributed by atoms with Crippen LogP contribution in [0.15, 0.2) is 16.3 Å². The second-order valence-electron chi connectivity index (χ2n) is 4.84. The SMILES string of the molecule is CCC(C)C(=O)NCc1ccc(S(=O)(=O)N(CC)CC)s1. The molecular weight excluding hydrogens is 308 g/mol. The van der Waals surface area contributed by atoms with Gasteiger partial charge in [-0.1, -0.05) is 27.7 Å². The van der Waals surface area contributed by atoms with Crippen molar-refractivity contribution in [1.82, 2.24) is 9.62 Å². The Kier molecular flexibility index (Phi) is 6.83. The van der Waals surface area contributed by atoms with Crippen LogP contribution >= 0.6 is 11.3 Å². The Morgan fingerprint density at radius 3 is 2.43 bits per heavy atom. The van der Waals surface area contributed by atoms with Crippen molar-refractivity contribution in [3.05, 3.63) is 17.0 Å². The highest BCUT2D eigenvalue weighted by Crippen LogP contribution is 2.24. The molecule has 1 N–H and O–H groups in total. The first-order chi connectivity index (χ1) is 9.86. The lowest BCUT2D eigenvalue weighted by molar-refractivity contribution is -0.124. The average Bonchev–Trinajstić information content (AvgIpc) is 2.94. The van der Waals surface area contributed by atoms with Crippen LogP contribution in [0.5, 0.6) is 0 Å². The summed E-state index contributed by atoms with van der Waals surface area (Å²) >= 11 is 1.22. The Hall–Kier alpha value is -0.920. The number of carbonyl (C=O) groups excluding carboxylic acids is 1. The third-order valence-electron chi connectivity index (χ3n) is 3.43. The number of carbonyl (C=O) groups is 1. The molecule has 0 radical (unpaired) electrons. The van der Waals surface area contributed by atoms with Crippen molar-refractivity contribution < 1.29 is 13.2 Å². The molecule has 0 aromatic carbocycles. The minimum atomic E-state index is -3.40. The molecule has 7 heteroatoms. The standard InChI is InChI=1S/C14H24N2O3S2/c1-5-11(4)14(17)15-10-12-8-9-13(20-12)21(18,19)16(6-2)7-3/h8-9,11H,5-7,10H2,1-4H3,(H,15,17). The molecule has 0 aliphatic heterocycles. The normalized spacial score (nSPS) is 13.4. The van der Waals surface area contributed by atoms with Gasteiger partial charge >= 0.3 is 0 Å². The molecule has 1 atom stereocenters. The summed E-state index contributed by atoms with van der Waals surface area (Å²) in [5, 5.41) is 2.83. The van der Waals surface area contributed by atoms with Gasteiger partial charge in [-0.05, 0) is 18.6 Å². The van der Waals surface area contributed by atoms with Crippen molar-refractivity contribution in [3.63, 3.8) is 0 Å². The molecule has 1 amide bonds. The van der Waals surface area contributed by atoms with E-state index in [1.165, 1.54) is 15.6 Å². The average molecular weight is 332 g/mol. The van der Waals surface area contributed by atoms with E-state index < -0.39 is 10.0 Å². The van der Waals surface area contributed by atoms with Gasteiger partial charge in [0.1, 0.15) is 4.21 Å². The highest BCUT2D eigenvalue weighted by atomic mass is 32.2. The molecule has 0 fully saturated rings. The largest absolute Gasteiger partial charge is 0.351 e. The number of nitrogens with zero attached hydrogens (tertiary/aromatic N) is 1. The maximum absolute atomic E-state index is 12.3. The molecule has 0 aliphatic rings. The highest BCUT2D eigenvalue weighted by molar-refractivity contribution is 7.91. The van der Waals surface area contributed by atoms with Crippen LogP contribution in [-0.4, -0.2) is 31.7 Å².